The third kappa shape index (κ3) is 4.52. The zero-order valence-corrected chi connectivity index (χ0v) is 12.0. The van der Waals surface area contributed by atoms with Crippen molar-refractivity contribution in [1.29, 1.82) is 0 Å². The first-order valence-corrected chi connectivity index (χ1v) is 6.75. The van der Waals surface area contributed by atoms with E-state index < -0.39 is 0 Å². The van der Waals surface area contributed by atoms with Gasteiger partial charge < -0.3 is 4.74 Å². The van der Waals surface area contributed by atoms with Crippen molar-refractivity contribution in [2.24, 2.45) is 0 Å². The first-order chi connectivity index (χ1) is 8.45. The lowest BCUT2D eigenvalue weighted by molar-refractivity contribution is -0.134. The molecule has 1 aromatic rings. The summed E-state index contributed by atoms with van der Waals surface area (Å²) in [4.78, 5) is 11.7. The molecule has 0 heterocycles. The van der Waals surface area contributed by atoms with E-state index in [0.29, 0.717) is 12.2 Å². The number of hydrogen-bond acceptors (Lipinski definition) is 2. The van der Waals surface area contributed by atoms with Crippen LogP contribution >= 0.6 is 0 Å². The van der Waals surface area contributed by atoms with E-state index in [9.17, 15) is 4.79 Å². The van der Waals surface area contributed by atoms with E-state index in [1.807, 2.05) is 24.3 Å². The molecule has 0 amide bonds. The minimum Gasteiger partial charge on any atom is -0.426 e. The Hall–Kier alpha value is -1.31. The van der Waals surface area contributed by atoms with Gasteiger partial charge in [0.2, 0.25) is 0 Å². The number of ether oxygens (including phenoxy) is 1. The van der Waals surface area contributed by atoms with E-state index in [1.165, 1.54) is 0 Å². The zero-order valence-electron chi connectivity index (χ0n) is 12.0. The minimum absolute atomic E-state index is 0.0136. The van der Waals surface area contributed by atoms with Crippen LogP contribution in [0.25, 0.3) is 0 Å². The highest BCUT2D eigenvalue weighted by Crippen LogP contribution is 2.31. The maximum Gasteiger partial charge on any atom is 0.311 e. The second-order valence-corrected chi connectivity index (χ2v) is 5.68. The highest BCUT2D eigenvalue weighted by Gasteiger charge is 2.19. The van der Waals surface area contributed by atoms with Gasteiger partial charge in [0.15, 0.2) is 0 Å². The maximum absolute atomic E-state index is 11.7. The van der Waals surface area contributed by atoms with Crippen LogP contribution in [0.2, 0.25) is 0 Å². The molecule has 0 aromatic heterocycles. The lowest BCUT2D eigenvalue weighted by Crippen LogP contribution is -2.16. The van der Waals surface area contributed by atoms with Crippen molar-refractivity contribution in [3.05, 3.63) is 29.8 Å². The third-order valence-electron chi connectivity index (χ3n) is 2.90. The van der Waals surface area contributed by atoms with Crippen LogP contribution in [0.15, 0.2) is 24.3 Å². The van der Waals surface area contributed by atoms with E-state index >= 15 is 0 Å². The molecule has 0 fully saturated rings. The maximum atomic E-state index is 11.7. The summed E-state index contributed by atoms with van der Waals surface area (Å²) in [5.74, 6) is 0.576. The van der Waals surface area contributed by atoms with Crippen molar-refractivity contribution in [2.75, 3.05) is 0 Å². The molecule has 1 aromatic carbocycles. The van der Waals surface area contributed by atoms with Gasteiger partial charge in [0, 0.05) is 12.0 Å². The van der Waals surface area contributed by atoms with Crippen molar-refractivity contribution in [3.63, 3.8) is 0 Å². The first kappa shape index (κ1) is 14.7. The van der Waals surface area contributed by atoms with Crippen LogP contribution in [0.5, 0.6) is 5.75 Å². The molecule has 2 nitrogen and oxygen atoms in total. The van der Waals surface area contributed by atoms with Crippen molar-refractivity contribution in [2.45, 2.75) is 58.8 Å². The van der Waals surface area contributed by atoms with Crippen LogP contribution in [-0.2, 0) is 10.2 Å². The molecule has 0 unspecified atom stereocenters. The van der Waals surface area contributed by atoms with E-state index in [-0.39, 0.29) is 11.4 Å². The van der Waals surface area contributed by atoms with Crippen molar-refractivity contribution >= 4 is 5.97 Å². The van der Waals surface area contributed by atoms with Gasteiger partial charge in [0.05, 0.1) is 0 Å². The van der Waals surface area contributed by atoms with Crippen LogP contribution < -0.4 is 4.74 Å². The Morgan fingerprint density at radius 2 is 1.83 bits per heavy atom. The Bertz CT molecular complexity index is 388. The van der Waals surface area contributed by atoms with Gasteiger partial charge in [0.25, 0.3) is 0 Å². The molecule has 0 aliphatic rings. The van der Waals surface area contributed by atoms with Crippen molar-refractivity contribution in [3.8, 4) is 5.75 Å². The molecule has 0 saturated carbocycles. The predicted octanol–water partition coefficient (Wildman–Crippen LogP) is 4.47. The predicted molar refractivity (Wildman–Crippen MR) is 74.9 cm³/mol. The fraction of sp³-hybridized carbons (Fsp3) is 0.562. The molecule has 0 saturated heterocycles. The summed E-state index contributed by atoms with van der Waals surface area (Å²) in [7, 11) is 0. The second kappa shape index (κ2) is 6.58. The van der Waals surface area contributed by atoms with Gasteiger partial charge in [-0.15, -0.1) is 0 Å². The molecular formula is C16H24O2. The smallest absolute Gasteiger partial charge is 0.311 e. The van der Waals surface area contributed by atoms with Crippen LogP contribution in [0.4, 0.5) is 0 Å². The summed E-state index contributed by atoms with van der Waals surface area (Å²) in [5, 5.41) is 0. The highest BCUT2D eigenvalue weighted by atomic mass is 16.5. The Morgan fingerprint density at radius 3 is 2.44 bits per heavy atom. The van der Waals surface area contributed by atoms with Gasteiger partial charge in [-0.05, 0) is 17.9 Å². The van der Waals surface area contributed by atoms with Crippen LogP contribution in [0, 0.1) is 0 Å². The molecule has 0 radical (unpaired) electrons. The Morgan fingerprint density at radius 1 is 1.17 bits per heavy atom. The Balaban J connectivity index is 2.70. The van der Waals surface area contributed by atoms with Crippen molar-refractivity contribution < 1.29 is 9.53 Å². The first-order valence-electron chi connectivity index (χ1n) is 6.75. The van der Waals surface area contributed by atoms with Gasteiger partial charge >= 0.3 is 5.97 Å². The van der Waals surface area contributed by atoms with Crippen LogP contribution in [-0.4, -0.2) is 5.97 Å². The minimum atomic E-state index is -0.125. The van der Waals surface area contributed by atoms with E-state index in [0.717, 1.165) is 24.8 Å². The summed E-state index contributed by atoms with van der Waals surface area (Å²) >= 11 is 0. The number of para-hydroxylation sites is 1. The average molecular weight is 248 g/mol. The van der Waals surface area contributed by atoms with E-state index in [2.05, 4.69) is 27.7 Å². The summed E-state index contributed by atoms with van der Waals surface area (Å²) in [6, 6.07) is 7.78. The topological polar surface area (TPSA) is 26.3 Å². The monoisotopic (exact) mass is 248 g/mol. The largest absolute Gasteiger partial charge is 0.426 e. The molecule has 2 heteroatoms. The molecule has 0 aliphatic carbocycles. The number of carbonyl (C=O) groups is 1. The Labute approximate surface area is 110 Å². The normalized spacial score (nSPS) is 11.3. The highest BCUT2D eigenvalue weighted by molar-refractivity contribution is 5.72. The molecule has 0 N–H and O–H groups in total. The summed E-state index contributed by atoms with van der Waals surface area (Å²) in [5.41, 5.74) is 1.06. The third-order valence-corrected chi connectivity index (χ3v) is 2.90. The molecule has 0 aliphatic heterocycles. The molecule has 100 valence electrons. The van der Waals surface area contributed by atoms with Gasteiger partial charge in [-0.25, -0.2) is 0 Å². The molecular weight excluding hydrogens is 224 g/mol. The van der Waals surface area contributed by atoms with Gasteiger partial charge in [-0.2, -0.15) is 0 Å². The van der Waals surface area contributed by atoms with Crippen LogP contribution in [0.1, 0.15) is 58.9 Å². The summed E-state index contributed by atoms with van der Waals surface area (Å²) in [6.45, 7) is 8.49. The van der Waals surface area contributed by atoms with E-state index in [4.69, 9.17) is 4.74 Å². The number of carbonyl (C=O) groups excluding carboxylic acids is 1. The number of esters is 1. The van der Waals surface area contributed by atoms with Gasteiger partial charge in [-0.1, -0.05) is 58.7 Å². The average Bonchev–Trinajstić information content (AvgIpc) is 2.28. The second-order valence-electron chi connectivity index (χ2n) is 5.68. The number of benzene rings is 1. The fourth-order valence-corrected chi connectivity index (χ4v) is 1.87. The quantitative estimate of drug-likeness (QED) is 0.436. The Kier molecular flexibility index (Phi) is 5.39. The molecule has 1 rings (SSSR count). The lowest BCUT2D eigenvalue weighted by Gasteiger charge is -2.22. The summed E-state index contributed by atoms with van der Waals surface area (Å²) < 4.78 is 5.48. The molecule has 18 heavy (non-hydrogen) atoms. The molecule has 0 atom stereocenters. The fourth-order valence-electron chi connectivity index (χ4n) is 1.87. The van der Waals surface area contributed by atoms with Gasteiger partial charge in [0.1, 0.15) is 5.75 Å². The van der Waals surface area contributed by atoms with Crippen molar-refractivity contribution in [1.82, 2.24) is 0 Å². The standard InChI is InChI=1S/C16H24O2/c1-5-6-7-12-15(17)18-14-11-9-8-10-13(14)16(2,3)4/h8-11H,5-7,12H2,1-4H3. The van der Waals surface area contributed by atoms with Gasteiger partial charge in [-0.3, -0.25) is 4.79 Å². The SMILES string of the molecule is CCCCCC(=O)Oc1ccccc1C(C)(C)C. The van der Waals surface area contributed by atoms with Crippen LogP contribution in [0.3, 0.4) is 0 Å². The summed E-state index contributed by atoms with van der Waals surface area (Å²) in [6.07, 6.45) is 3.61. The molecule has 0 bridgehead atoms. The zero-order chi connectivity index (χ0) is 13.6. The molecule has 0 spiro atoms. The number of hydrogen-bond donors (Lipinski definition) is 0. The lowest BCUT2D eigenvalue weighted by atomic mass is 9.86. The number of unbranched alkanes of at least 4 members (excludes halogenated alkanes) is 2. The number of rotatable bonds is 5. The van der Waals surface area contributed by atoms with E-state index in [1.54, 1.807) is 0 Å².